The molecule has 0 bridgehead atoms. The predicted octanol–water partition coefficient (Wildman–Crippen LogP) is 0.656. The molecule has 0 amide bonds. The fourth-order valence-electron chi connectivity index (χ4n) is 4.63. The summed E-state index contributed by atoms with van der Waals surface area (Å²) in [6, 6.07) is 0. The van der Waals surface area contributed by atoms with Gasteiger partial charge in [0.1, 0.15) is 0 Å². The zero-order chi connectivity index (χ0) is 27.5. The summed E-state index contributed by atoms with van der Waals surface area (Å²) in [6.07, 6.45) is 9.15. The number of anilines is 2. The Kier molecular flexibility index (Phi) is 10.9. The van der Waals surface area contributed by atoms with Crippen LogP contribution in [0.5, 0.6) is 0 Å². The van der Waals surface area contributed by atoms with Crippen LogP contribution in [0.2, 0.25) is 0 Å². The summed E-state index contributed by atoms with van der Waals surface area (Å²) in [5.41, 5.74) is 1.54. The van der Waals surface area contributed by atoms with Gasteiger partial charge in [-0.3, -0.25) is 14.5 Å². The minimum Gasteiger partial charge on any atom is -0.466 e. The zero-order valence-corrected chi connectivity index (χ0v) is 22.3. The highest BCUT2D eigenvalue weighted by Gasteiger charge is 2.52. The molecule has 0 N–H and O–H groups in total. The van der Waals surface area contributed by atoms with E-state index in [-0.39, 0.29) is 54.9 Å². The van der Waals surface area contributed by atoms with Gasteiger partial charge in [-0.2, -0.15) is 0 Å². The van der Waals surface area contributed by atoms with Gasteiger partial charge in [-0.1, -0.05) is 14.9 Å². The number of aldehydes is 1. The van der Waals surface area contributed by atoms with E-state index in [1.807, 2.05) is 28.8 Å². The number of rotatable bonds is 11. The third-order valence-corrected chi connectivity index (χ3v) is 7.07. The summed E-state index contributed by atoms with van der Waals surface area (Å²) in [5.74, 6) is 1.19. The van der Waals surface area contributed by atoms with E-state index < -0.39 is 0 Å². The first-order valence-corrected chi connectivity index (χ1v) is 13.6. The fourth-order valence-corrected chi connectivity index (χ4v) is 4.63. The van der Waals surface area contributed by atoms with E-state index in [1.165, 1.54) is 12.4 Å². The summed E-state index contributed by atoms with van der Waals surface area (Å²) in [6.45, 7) is 7.67. The average Bonchev–Trinajstić information content (AvgIpc) is 3.78. The van der Waals surface area contributed by atoms with Gasteiger partial charge in [0.25, 0.3) is 0 Å². The lowest BCUT2D eigenvalue weighted by Gasteiger charge is -2.30. The Labute approximate surface area is 248 Å². The highest BCUT2D eigenvalue weighted by atomic mass is 16.6. The molecule has 7 rings (SSSR count). The molecule has 0 spiro atoms. The molecule has 0 aromatic carbocycles. The summed E-state index contributed by atoms with van der Waals surface area (Å²) in [4.78, 5) is 41.7. The van der Waals surface area contributed by atoms with Crippen molar-refractivity contribution in [2.75, 3.05) is 55.2 Å². The SMILES string of the molecule is C.C.CCOC(=O)C1CCN(Cc2cnc(N(B3CO3)B3CO3)nc2)CC1.O=Cc1cnc(N(B2CO2)B2CO2)nc1. The van der Waals surface area contributed by atoms with Crippen LogP contribution in [-0.2, 0) is 34.7 Å². The van der Waals surface area contributed by atoms with Crippen molar-refractivity contribution in [2.45, 2.75) is 41.2 Å². The van der Waals surface area contributed by atoms with Gasteiger partial charge in [0.2, 0.25) is 11.9 Å². The van der Waals surface area contributed by atoms with Gasteiger partial charge in [-0.25, -0.2) is 19.9 Å². The largest absolute Gasteiger partial charge is 0.466 e. The molecule has 222 valence electrons. The summed E-state index contributed by atoms with van der Waals surface area (Å²) < 4.78 is 30.0. The maximum absolute atomic E-state index is 11.8. The van der Waals surface area contributed by atoms with Gasteiger partial charge < -0.3 is 32.8 Å². The number of ether oxygens (including phenoxy) is 1. The quantitative estimate of drug-likeness (QED) is 0.159. The minimum atomic E-state index is -0.0560. The van der Waals surface area contributed by atoms with Crippen molar-refractivity contribution in [1.82, 2.24) is 24.8 Å². The molecule has 0 unspecified atom stereocenters. The average molecular weight is 579 g/mol. The number of hydrogen-bond acceptors (Lipinski definition) is 14. The number of nitrogens with zero attached hydrogens (tertiary/aromatic N) is 7. The molecule has 5 aliphatic rings. The highest BCUT2D eigenvalue weighted by molar-refractivity contribution is 6.84. The maximum atomic E-state index is 11.8. The van der Waals surface area contributed by atoms with Gasteiger partial charge in [0, 0.05) is 36.9 Å². The Morgan fingerprint density at radius 2 is 1.31 bits per heavy atom. The second-order valence-corrected chi connectivity index (χ2v) is 10.1. The van der Waals surface area contributed by atoms with Gasteiger partial charge in [-0.15, -0.1) is 0 Å². The van der Waals surface area contributed by atoms with E-state index >= 15 is 0 Å². The van der Waals surface area contributed by atoms with Crippen LogP contribution < -0.4 is 9.44 Å². The Morgan fingerprint density at radius 3 is 1.69 bits per heavy atom. The van der Waals surface area contributed by atoms with Crippen LogP contribution in [0.1, 0.15) is 50.5 Å². The second-order valence-electron chi connectivity index (χ2n) is 10.1. The molecule has 0 radical (unpaired) electrons. The Balaban J connectivity index is 0.000000205. The summed E-state index contributed by atoms with van der Waals surface area (Å²) >= 11 is 0. The molecule has 18 heteroatoms. The molecule has 0 saturated carbocycles. The molecule has 2 aromatic rings. The molecule has 0 aliphatic carbocycles. The molecule has 42 heavy (non-hydrogen) atoms. The summed E-state index contributed by atoms with van der Waals surface area (Å²) in [5, 5.41) is 0. The maximum Gasteiger partial charge on any atom is 0.432 e. The Hall–Kier alpha value is -3.04. The Bertz CT molecular complexity index is 1140. The van der Waals surface area contributed by atoms with E-state index in [0.717, 1.165) is 44.3 Å². The lowest BCUT2D eigenvalue weighted by Crippen LogP contribution is -2.38. The normalized spacial score (nSPS) is 18.5. The predicted molar refractivity (Wildman–Crippen MR) is 159 cm³/mol. The van der Waals surface area contributed by atoms with Crippen LogP contribution >= 0.6 is 0 Å². The summed E-state index contributed by atoms with van der Waals surface area (Å²) in [7, 11) is 0.166. The van der Waals surface area contributed by atoms with Crippen molar-refractivity contribution >= 4 is 52.4 Å². The molecule has 5 fully saturated rings. The molecule has 14 nitrogen and oxygen atoms in total. The van der Waals surface area contributed by atoms with E-state index in [9.17, 15) is 9.59 Å². The smallest absolute Gasteiger partial charge is 0.432 e. The molecule has 7 heterocycles. The molecule has 2 aromatic heterocycles. The molecule has 0 atom stereocenters. The first kappa shape index (κ1) is 31.9. The zero-order valence-electron chi connectivity index (χ0n) is 22.3. The van der Waals surface area contributed by atoms with Gasteiger partial charge >= 0.3 is 34.2 Å². The highest BCUT2D eigenvalue weighted by Crippen LogP contribution is 2.26. The number of likely N-dealkylation sites (tertiary alicyclic amines) is 1. The van der Waals surface area contributed by atoms with E-state index in [4.69, 9.17) is 23.4 Å². The van der Waals surface area contributed by atoms with Crippen LogP contribution in [0.25, 0.3) is 0 Å². The van der Waals surface area contributed by atoms with Gasteiger partial charge in [0.15, 0.2) is 6.29 Å². The van der Waals surface area contributed by atoms with Crippen LogP contribution in [-0.4, -0.2) is 111 Å². The van der Waals surface area contributed by atoms with E-state index in [1.54, 1.807) is 0 Å². The topological polar surface area (TPSA) is 155 Å². The molecular formula is C24H37B4N7O7. The molecular weight excluding hydrogens is 542 g/mol. The van der Waals surface area contributed by atoms with Crippen LogP contribution in [0.3, 0.4) is 0 Å². The molecule has 5 aliphatic heterocycles. The lowest BCUT2D eigenvalue weighted by molar-refractivity contribution is -0.149. The lowest BCUT2D eigenvalue weighted by atomic mass is 9.77. The fraction of sp³-hybridized carbons (Fsp3) is 0.583. The Morgan fingerprint density at radius 1 is 0.881 bits per heavy atom. The van der Waals surface area contributed by atoms with E-state index in [0.29, 0.717) is 50.1 Å². The monoisotopic (exact) mass is 579 g/mol. The first-order valence-electron chi connectivity index (χ1n) is 13.6. The standard InChI is InChI=1S/C15H22B2N4O4.C7H7B2N3O3.2CH4/c1-2-23-14(22)13-3-5-20(6-4-13)9-12-7-18-15(19-8-12)21(16-10-24-16)17-11-25-17;13-3-6-1-10-7(11-2-6)12(8-4-14-8)9-5-15-9;;/h7-8,13H,2-6,9-11H2,1H3;1-3H,4-5H2;2*1H4. The minimum absolute atomic E-state index is 0. The van der Waals surface area contributed by atoms with Gasteiger partial charge in [0.05, 0.1) is 44.1 Å². The van der Waals surface area contributed by atoms with Crippen molar-refractivity contribution < 1.29 is 32.9 Å². The van der Waals surface area contributed by atoms with Crippen LogP contribution in [0, 0.1) is 5.92 Å². The van der Waals surface area contributed by atoms with Crippen LogP contribution in [0.15, 0.2) is 24.8 Å². The third kappa shape index (κ3) is 8.28. The second kappa shape index (κ2) is 14.4. The van der Waals surface area contributed by atoms with Crippen molar-refractivity contribution in [3.63, 3.8) is 0 Å². The number of hydrogen-bond donors (Lipinski definition) is 0. The number of esters is 1. The third-order valence-electron chi connectivity index (χ3n) is 7.07. The molecule has 5 saturated heterocycles. The number of aromatic nitrogens is 4. The number of carbonyl (C=O) groups excluding carboxylic acids is 2. The van der Waals surface area contributed by atoms with Crippen molar-refractivity contribution in [3.05, 3.63) is 35.9 Å². The van der Waals surface area contributed by atoms with Crippen LogP contribution in [0.4, 0.5) is 11.9 Å². The van der Waals surface area contributed by atoms with E-state index in [2.05, 4.69) is 24.8 Å². The van der Waals surface area contributed by atoms with Crippen molar-refractivity contribution in [2.24, 2.45) is 5.92 Å². The van der Waals surface area contributed by atoms with Gasteiger partial charge in [-0.05, 0) is 32.9 Å². The number of carbonyl (C=O) groups is 2. The van der Waals surface area contributed by atoms with Crippen molar-refractivity contribution in [1.29, 1.82) is 0 Å². The first-order chi connectivity index (χ1) is 19.6. The number of piperidine rings is 1. The van der Waals surface area contributed by atoms with Crippen molar-refractivity contribution in [3.8, 4) is 0 Å².